The van der Waals surface area contributed by atoms with Gasteiger partial charge in [-0.15, -0.1) is 0 Å². The summed E-state index contributed by atoms with van der Waals surface area (Å²) in [5, 5.41) is 0. The molecule has 1 heterocycles. The predicted molar refractivity (Wildman–Crippen MR) is 153 cm³/mol. The topological polar surface area (TPSA) is 6.48 Å². The van der Waals surface area contributed by atoms with Gasteiger partial charge in [-0.25, -0.2) is 0 Å². The standard InChI is InChI=1S/C28H62N2Si2/c1-13-23(7)31(24(8)14-2,25(9)15-3)29-19-21-30(22-20-29)32(26(10)16-4,27(11)17-5)28(12)18-6/h23-28H,13-22H2,1-12H3. The van der Waals surface area contributed by atoms with Gasteiger partial charge in [0.1, 0.15) is 16.5 Å². The van der Waals surface area contributed by atoms with Crippen LogP contribution in [0, 0.1) is 0 Å². The molecule has 2 nitrogen and oxygen atoms in total. The summed E-state index contributed by atoms with van der Waals surface area (Å²) in [4.78, 5) is 0. The second kappa shape index (κ2) is 13.4. The van der Waals surface area contributed by atoms with Crippen molar-refractivity contribution in [3.05, 3.63) is 0 Å². The number of nitrogens with zero attached hydrogens (tertiary/aromatic N) is 2. The van der Waals surface area contributed by atoms with Crippen LogP contribution in [0.2, 0.25) is 33.2 Å². The van der Waals surface area contributed by atoms with Gasteiger partial charge in [-0.3, -0.25) is 0 Å². The molecule has 0 bridgehead atoms. The maximum Gasteiger partial charge on any atom is 0.137 e. The summed E-state index contributed by atoms with van der Waals surface area (Å²) in [6, 6.07) is 0. The average molecular weight is 483 g/mol. The van der Waals surface area contributed by atoms with Crippen molar-refractivity contribution in [1.29, 1.82) is 0 Å². The summed E-state index contributed by atoms with van der Waals surface area (Å²) < 4.78 is 6.28. The van der Waals surface area contributed by atoms with Crippen LogP contribution in [0.4, 0.5) is 0 Å². The average Bonchev–Trinajstić information content (AvgIpc) is 2.83. The molecule has 0 saturated carbocycles. The van der Waals surface area contributed by atoms with E-state index < -0.39 is 16.5 Å². The SMILES string of the molecule is CCC(C)[Si](C(C)CC)(C(C)CC)N1CCN([Si](C(C)CC)(C(C)CC)C(C)CC)CC1. The summed E-state index contributed by atoms with van der Waals surface area (Å²) in [5.41, 5.74) is 5.33. The summed E-state index contributed by atoms with van der Waals surface area (Å²) in [7, 11) is -3.16. The van der Waals surface area contributed by atoms with E-state index in [1.165, 1.54) is 64.7 Å². The van der Waals surface area contributed by atoms with Gasteiger partial charge >= 0.3 is 0 Å². The Morgan fingerprint density at radius 2 is 0.562 bits per heavy atom. The zero-order chi connectivity index (χ0) is 24.7. The van der Waals surface area contributed by atoms with E-state index in [1.807, 2.05) is 0 Å². The molecule has 32 heavy (non-hydrogen) atoms. The van der Waals surface area contributed by atoms with Gasteiger partial charge in [-0.05, 0) is 33.2 Å². The quantitative estimate of drug-likeness (QED) is 0.227. The first-order chi connectivity index (χ1) is 15.1. The van der Waals surface area contributed by atoms with Crippen LogP contribution in [-0.4, -0.2) is 51.8 Å². The van der Waals surface area contributed by atoms with Crippen molar-refractivity contribution in [3.63, 3.8) is 0 Å². The van der Waals surface area contributed by atoms with E-state index in [0.717, 1.165) is 33.2 Å². The van der Waals surface area contributed by atoms with Gasteiger partial charge in [0.15, 0.2) is 0 Å². The molecule has 4 heteroatoms. The predicted octanol–water partition coefficient (Wildman–Crippen LogP) is 9.30. The minimum Gasteiger partial charge on any atom is -0.320 e. The molecule has 1 aliphatic heterocycles. The molecule has 0 radical (unpaired) electrons. The van der Waals surface area contributed by atoms with Crippen molar-refractivity contribution in [2.75, 3.05) is 26.2 Å². The van der Waals surface area contributed by atoms with Crippen molar-refractivity contribution in [3.8, 4) is 0 Å². The molecule has 0 aromatic heterocycles. The first kappa shape index (κ1) is 30.4. The van der Waals surface area contributed by atoms with Gasteiger partial charge in [0, 0.05) is 26.2 Å². The summed E-state index contributed by atoms with van der Waals surface area (Å²) >= 11 is 0. The van der Waals surface area contributed by atoms with E-state index in [2.05, 4.69) is 92.2 Å². The summed E-state index contributed by atoms with van der Waals surface area (Å²) in [6.07, 6.45) is 8.12. The Labute approximate surface area is 206 Å². The monoisotopic (exact) mass is 482 g/mol. The van der Waals surface area contributed by atoms with Crippen molar-refractivity contribution in [2.24, 2.45) is 0 Å². The highest BCUT2D eigenvalue weighted by Crippen LogP contribution is 2.51. The van der Waals surface area contributed by atoms with Crippen molar-refractivity contribution >= 4 is 16.5 Å². The van der Waals surface area contributed by atoms with Crippen molar-refractivity contribution in [2.45, 2.75) is 155 Å². The maximum atomic E-state index is 3.14. The molecular weight excluding hydrogens is 420 g/mol. The molecule has 6 atom stereocenters. The fraction of sp³-hybridized carbons (Fsp3) is 1.00. The maximum absolute atomic E-state index is 3.14. The normalized spacial score (nSPS) is 25.9. The minimum absolute atomic E-state index is 0.889. The van der Waals surface area contributed by atoms with Gasteiger partial charge < -0.3 is 9.13 Å². The van der Waals surface area contributed by atoms with E-state index >= 15 is 0 Å². The van der Waals surface area contributed by atoms with Crippen LogP contribution >= 0.6 is 0 Å². The summed E-state index contributed by atoms with van der Waals surface area (Å²) in [6.45, 7) is 35.8. The molecule has 0 N–H and O–H groups in total. The lowest BCUT2D eigenvalue weighted by Crippen LogP contribution is -2.71. The van der Waals surface area contributed by atoms with Gasteiger partial charge in [-0.2, -0.15) is 0 Å². The molecule has 0 aromatic rings. The number of piperazine rings is 1. The molecule has 0 spiro atoms. The fourth-order valence-electron chi connectivity index (χ4n) is 8.23. The molecule has 6 unspecified atom stereocenters. The van der Waals surface area contributed by atoms with Crippen molar-refractivity contribution in [1.82, 2.24) is 9.13 Å². The van der Waals surface area contributed by atoms with Crippen LogP contribution < -0.4 is 0 Å². The van der Waals surface area contributed by atoms with Gasteiger partial charge in [-0.1, -0.05) is 122 Å². The molecule has 0 aromatic carbocycles. The summed E-state index contributed by atoms with van der Waals surface area (Å²) in [5.74, 6) is 0. The Kier molecular flexibility index (Phi) is 12.8. The lowest BCUT2D eigenvalue weighted by Gasteiger charge is -2.60. The molecule has 1 aliphatic rings. The molecule has 1 saturated heterocycles. The second-order valence-corrected chi connectivity index (χ2v) is 22.3. The Balaban J connectivity index is 3.38. The fourth-order valence-corrected chi connectivity index (χ4v) is 23.7. The largest absolute Gasteiger partial charge is 0.320 e. The Morgan fingerprint density at radius 3 is 0.688 bits per heavy atom. The van der Waals surface area contributed by atoms with E-state index in [0.29, 0.717) is 0 Å². The van der Waals surface area contributed by atoms with Crippen LogP contribution in [0.15, 0.2) is 0 Å². The van der Waals surface area contributed by atoms with Gasteiger partial charge in [0.05, 0.1) is 0 Å². The number of rotatable bonds is 14. The zero-order valence-electron chi connectivity index (χ0n) is 24.4. The number of hydrogen-bond acceptors (Lipinski definition) is 2. The molecule has 1 rings (SSSR count). The molecule has 1 fully saturated rings. The van der Waals surface area contributed by atoms with E-state index in [1.54, 1.807) is 0 Å². The van der Waals surface area contributed by atoms with Crippen LogP contribution in [0.3, 0.4) is 0 Å². The van der Waals surface area contributed by atoms with Crippen LogP contribution in [0.5, 0.6) is 0 Å². The molecule has 0 amide bonds. The first-order valence-corrected chi connectivity index (χ1v) is 19.0. The lowest BCUT2D eigenvalue weighted by atomic mass is 10.3. The van der Waals surface area contributed by atoms with Gasteiger partial charge in [0.2, 0.25) is 0 Å². The Bertz CT molecular complexity index is 419. The molecule has 192 valence electrons. The van der Waals surface area contributed by atoms with Gasteiger partial charge in [0.25, 0.3) is 0 Å². The highest BCUT2D eigenvalue weighted by Gasteiger charge is 2.55. The third kappa shape index (κ3) is 5.28. The lowest BCUT2D eigenvalue weighted by molar-refractivity contribution is 0.236. The Hall–Kier alpha value is 0.354. The van der Waals surface area contributed by atoms with E-state index in [9.17, 15) is 0 Å². The van der Waals surface area contributed by atoms with E-state index in [4.69, 9.17) is 0 Å². The first-order valence-electron chi connectivity index (χ1n) is 14.6. The van der Waals surface area contributed by atoms with Crippen LogP contribution in [0.1, 0.15) is 122 Å². The minimum atomic E-state index is -1.58. The third-order valence-electron chi connectivity index (χ3n) is 10.8. The highest BCUT2D eigenvalue weighted by atomic mass is 28.3. The smallest absolute Gasteiger partial charge is 0.137 e. The molecule has 0 aliphatic carbocycles. The van der Waals surface area contributed by atoms with Crippen molar-refractivity contribution < 1.29 is 0 Å². The highest BCUT2D eigenvalue weighted by molar-refractivity contribution is 6.82. The second-order valence-electron chi connectivity index (χ2n) is 11.6. The van der Waals surface area contributed by atoms with Crippen LogP contribution in [0.25, 0.3) is 0 Å². The van der Waals surface area contributed by atoms with Crippen LogP contribution in [-0.2, 0) is 0 Å². The third-order valence-corrected chi connectivity index (χ3v) is 25.8. The number of hydrogen-bond donors (Lipinski definition) is 0. The Morgan fingerprint density at radius 1 is 0.406 bits per heavy atom. The van der Waals surface area contributed by atoms with E-state index in [-0.39, 0.29) is 0 Å². The zero-order valence-corrected chi connectivity index (χ0v) is 26.4. The molecular formula is C28H62N2Si2.